The third kappa shape index (κ3) is 5.94. The Morgan fingerprint density at radius 3 is 2.76 bits per heavy atom. The van der Waals surface area contributed by atoms with Crippen LogP contribution in [0.2, 0.25) is 0 Å². The standard InChI is InChI=1S/C20H32N6O2.HI/c1-5-21-19(23-13-20(4,27)16-11-14(2)28-15(16)3)22-12-18-25-24-17-9-7-6-8-10-26(17)18;/h11,27H,5-10,12-13H2,1-4H3,(H2,21,22,23);1H. The topological polar surface area (TPSA) is 100 Å². The molecule has 2 aromatic heterocycles. The highest BCUT2D eigenvalue weighted by molar-refractivity contribution is 14.0. The number of aromatic nitrogens is 3. The predicted molar refractivity (Wildman–Crippen MR) is 124 cm³/mol. The van der Waals surface area contributed by atoms with Crippen molar-refractivity contribution >= 4 is 29.9 Å². The van der Waals surface area contributed by atoms with Gasteiger partial charge in [0.2, 0.25) is 0 Å². The molecule has 3 N–H and O–H groups in total. The molecule has 8 nitrogen and oxygen atoms in total. The number of furan rings is 1. The number of aliphatic hydroxyl groups is 1. The molecule has 3 heterocycles. The molecule has 0 saturated carbocycles. The van der Waals surface area contributed by atoms with Gasteiger partial charge in [0.05, 0.1) is 6.54 Å². The van der Waals surface area contributed by atoms with Crippen molar-refractivity contribution in [3.05, 3.63) is 34.8 Å². The smallest absolute Gasteiger partial charge is 0.191 e. The molecule has 1 atom stereocenters. The van der Waals surface area contributed by atoms with E-state index in [4.69, 9.17) is 4.42 Å². The number of halogens is 1. The highest BCUT2D eigenvalue weighted by atomic mass is 127. The molecule has 1 unspecified atom stereocenters. The highest BCUT2D eigenvalue weighted by Crippen LogP contribution is 2.26. The molecule has 1 aliphatic heterocycles. The zero-order valence-electron chi connectivity index (χ0n) is 17.8. The first-order valence-corrected chi connectivity index (χ1v) is 10.1. The van der Waals surface area contributed by atoms with Crippen molar-refractivity contribution < 1.29 is 9.52 Å². The van der Waals surface area contributed by atoms with Crippen molar-refractivity contribution in [2.75, 3.05) is 13.1 Å². The van der Waals surface area contributed by atoms with Gasteiger partial charge in [0.25, 0.3) is 0 Å². The fourth-order valence-corrected chi connectivity index (χ4v) is 3.67. The molecule has 0 fully saturated rings. The molecular formula is C20H33IN6O2. The number of aliphatic imine (C=N–C) groups is 1. The summed E-state index contributed by atoms with van der Waals surface area (Å²) in [4.78, 5) is 4.66. The molecule has 0 aliphatic carbocycles. The van der Waals surface area contributed by atoms with Gasteiger partial charge in [0, 0.05) is 25.1 Å². The van der Waals surface area contributed by atoms with Gasteiger partial charge in [-0.25, -0.2) is 4.99 Å². The largest absolute Gasteiger partial charge is 0.466 e. The highest BCUT2D eigenvalue weighted by Gasteiger charge is 2.28. The first-order valence-electron chi connectivity index (χ1n) is 10.1. The van der Waals surface area contributed by atoms with Crippen LogP contribution in [0.15, 0.2) is 15.5 Å². The third-order valence-electron chi connectivity index (χ3n) is 5.13. The Morgan fingerprint density at radius 1 is 1.28 bits per heavy atom. The van der Waals surface area contributed by atoms with Crippen LogP contribution < -0.4 is 10.6 Å². The number of nitrogens with zero attached hydrogens (tertiary/aromatic N) is 4. The quantitative estimate of drug-likeness (QED) is 0.310. The van der Waals surface area contributed by atoms with Gasteiger partial charge in [0.15, 0.2) is 11.8 Å². The molecule has 9 heteroatoms. The van der Waals surface area contributed by atoms with Gasteiger partial charge in [-0.05, 0) is 46.6 Å². The molecule has 1 aliphatic rings. The second-order valence-corrected chi connectivity index (χ2v) is 7.64. The minimum Gasteiger partial charge on any atom is -0.466 e. The van der Waals surface area contributed by atoms with Crippen LogP contribution in [0.5, 0.6) is 0 Å². The summed E-state index contributed by atoms with van der Waals surface area (Å²) < 4.78 is 7.77. The Kier molecular flexibility index (Phi) is 8.50. The molecule has 29 heavy (non-hydrogen) atoms. The molecule has 0 aromatic carbocycles. The number of aryl methyl sites for hydroxylation is 3. The first kappa shape index (κ1) is 23.7. The van der Waals surface area contributed by atoms with Crippen LogP contribution in [0.3, 0.4) is 0 Å². The van der Waals surface area contributed by atoms with Crippen molar-refractivity contribution in [3.8, 4) is 0 Å². The number of fused-ring (bicyclic) bond motifs is 1. The van der Waals surface area contributed by atoms with Crippen molar-refractivity contribution in [2.45, 2.75) is 72.1 Å². The lowest BCUT2D eigenvalue weighted by molar-refractivity contribution is 0.0601. The van der Waals surface area contributed by atoms with E-state index in [1.807, 2.05) is 26.8 Å². The number of rotatable bonds is 6. The third-order valence-corrected chi connectivity index (χ3v) is 5.13. The number of hydrogen-bond donors (Lipinski definition) is 3. The average molecular weight is 516 g/mol. The lowest BCUT2D eigenvalue weighted by Crippen LogP contribution is -2.44. The molecule has 3 rings (SSSR count). The van der Waals surface area contributed by atoms with Gasteiger partial charge in [-0.3, -0.25) is 0 Å². The van der Waals surface area contributed by atoms with E-state index in [-0.39, 0.29) is 24.0 Å². The van der Waals surface area contributed by atoms with Crippen LogP contribution in [-0.2, 0) is 25.1 Å². The fourth-order valence-electron chi connectivity index (χ4n) is 3.67. The van der Waals surface area contributed by atoms with E-state index in [1.165, 1.54) is 12.8 Å². The number of hydrogen-bond acceptors (Lipinski definition) is 5. The van der Waals surface area contributed by atoms with Gasteiger partial charge in [-0.1, -0.05) is 6.42 Å². The summed E-state index contributed by atoms with van der Waals surface area (Å²) in [5, 5.41) is 26.0. The molecule has 2 aromatic rings. The maximum atomic E-state index is 10.9. The van der Waals surface area contributed by atoms with Crippen molar-refractivity contribution in [1.82, 2.24) is 25.4 Å². The summed E-state index contributed by atoms with van der Waals surface area (Å²) >= 11 is 0. The maximum absolute atomic E-state index is 10.9. The minimum atomic E-state index is -1.07. The Hall–Kier alpha value is -1.62. The fraction of sp³-hybridized carbons (Fsp3) is 0.650. The predicted octanol–water partition coefficient (Wildman–Crippen LogP) is 2.80. The van der Waals surface area contributed by atoms with E-state index < -0.39 is 5.60 Å². The Labute approximate surface area is 189 Å². The van der Waals surface area contributed by atoms with Crippen LogP contribution in [0, 0.1) is 13.8 Å². The number of nitrogens with one attached hydrogen (secondary N) is 2. The van der Waals surface area contributed by atoms with Gasteiger partial charge < -0.3 is 24.7 Å². The molecule has 0 amide bonds. The molecule has 0 spiro atoms. The van der Waals surface area contributed by atoms with Crippen LogP contribution in [0.4, 0.5) is 0 Å². The van der Waals surface area contributed by atoms with Crippen molar-refractivity contribution in [1.29, 1.82) is 0 Å². The van der Waals surface area contributed by atoms with Crippen LogP contribution in [0.25, 0.3) is 0 Å². The van der Waals surface area contributed by atoms with Gasteiger partial charge in [-0.15, -0.1) is 34.2 Å². The molecule has 0 saturated heterocycles. The zero-order valence-corrected chi connectivity index (χ0v) is 20.1. The van der Waals surface area contributed by atoms with E-state index in [0.29, 0.717) is 19.0 Å². The minimum absolute atomic E-state index is 0. The molecule has 162 valence electrons. The summed E-state index contributed by atoms with van der Waals surface area (Å²) in [6.45, 7) is 10.0. The van der Waals surface area contributed by atoms with Crippen LogP contribution in [0.1, 0.15) is 61.8 Å². The molecule has 0 bridgehead atoms. The maximum Gasteiger partial charge on any atom is 0.191 e. The number of guanidine groups is 1. The van der Waals surface area contributed by atoms with Crippen molar-refractivity contribution in [2.24, 2.45) is 4.99 Å². The lowest BCUT2D eigenvalue weighted by atomic mass is 9.96. The average Bonchev–Trinajstić information content (AvgIpc) is 3.11. The van der Waals surface area contributed by atoms with E-state index in [0.717, 1.165) is 54.7 Å². The van der Waals surface area contributed by atoms with E-state index in [1.54, 1.807) is 6.92 Å². The summed E-state index contributed by atoms with van der Waals surface area (Å²) in [7, 11) is 0. The van der Waals surface area contributed by atoms with Crippen LogP contribution >= 0.6 is 24.0 Å². The second-order valence-electron chi connectivity index (χ2n) is 7.64. The van der Waals surface area contributed by atoms with Gasteiger partial charge >= 0.3 is 0 Å². The SMILES string of the molecule is CCNC(=NCc1nnc2n1CCCCC2)NCC(C)(O)c1cc(C)oc1C.I. The Balaban J connectivity index is 0.00000300. The first-order chi connectivity index (χ1) is 13.4. The summed E-state index contributed by atoms with van der Waals surface area (Å²) in [6.07, 6.45) is 4.56. The molecular weight excluding hydrogens is 483 g/mol. The summed E-state index contributed by atoms with van der Waals surface area (Å²) in [6, 6.07) is 1.88. The van der Waals surface area contributed by atoms with Gasteiger partial charge in [0.1, 0.15) is 29.5 Å². The van der Waals surface area contributed by atoms with Crippen LogP contribution in [-0.4, -0.2) is 38.9 Å². The van der Waals surface area contributed by atoms with E-state index >= 15 is 0 Å². The normalized spacial score (nSPS) is 16.4. The summed E-state index contributed by atoms with van der Waals surface area (Å²) in [5.41, 5.74) is -0.277. The zero-order chi connectivity index (χ0) is 20.1. The summed E-state index contributed by atoms with van der Waals surface area (Å²) in [5.74, 6) is 4.13. The van der Waals surface area contributed by atoms with Crippen molar-refractivity contribution in [3.63, 3.8) is 0 Å². The lowest BCUT2D eigenvalue weighted by Gasteiger charge is -2.24. The second kappa shape index (κ2) is 10.4. The monoisotopic (exact) mass is 516 g/mol. The Morgan fingerprint density at radius 2 is 2.07 bits per heavy atom. The van der Waals surface area contributed by atoms with Gasteiger partial charge in [-0.2, -0.15) is 0 Å². The van der Waals surface area contributed by atoms with E-state index in [2.05, 4.69) is 30.4 Å². The molecule has 0 radical (unpaired) electrons. The van der Waals surface area contributed by atoms with E-state index in [9.17, 15) is 5.11 Å². The Bertz CT molecular complexity index is 827.